The number of hydrogen-bond donors (Lipinski definition) is 0. The van der Waals surface area contributed by atoms with Crippen LogP contribution in [-0.4, -0.2) is 10.8 Å². The van der Waals surface area contributed by atoms with E-state index in [4.69, 9.17) is 13.3 Å². The van der Waals surface area contributed by atoms with Crippen LogP contribution >= 0.6 is 0 Å². The lowest BCUT2D eigenvalue weighted by molar-refractivity contribution is 0.0703. The predicted molar refractivity (Wildman–Crippen MR) is 74.4 cm³/mol. The van der Waals surface area contributed by atoms with Gasteiger partial charge in [-0.2, -0.15) is 0 Å². The molecule has 21 heavy (non-hydrogen) atoms. The summed E-state index contributed by atoms with van der Waals surface area (Å²) in [4.78, 5) is 14.3. The zero-order valence-electron chi connectivity index (χ0n) is 11.6. The standard InChI is InChI=1S/C16H15NO4/c1-12-15(6-9-19-12)16(18)17(10-13-4-2-7-20-13)11-14-5-3-8-21-14/h2-9H,10-11H2,1H3. The fraction of sp³-hybridized carbons (Fsp3) is 0.188. The van der Waals surface area contributed by atoms with Gasteiger partial charge in [-0.1, -0.05) is 0 Å². The van der Waals surface area contributed by atoms with Crippen molar-refractivity contribution >= 4 is 5.91 Å². The van der Waals surface area contributed by atoms with Crippen molar-refractivity contribution in [2.45, 2.75) is 20.0 Å². The average molecular weight is 285 g/mol. The zero-order valence-corrected chi connectivity index (χ0v) is 11.6. The van der Waals surface area contributed by atoms with Gasteiger partial charge < -0.3 is 18.2 Å². The van der Waals surface area contributed by atoms with Crippen LogP contribution in [0.25, 0.3) is 0 Å². The van der Waals surface area contributed by atoms with Gasteiger partial charge in [0.15, 0.2) is 0 Å². The molecular weight excluding hydrogens is 270 g/mol. The SMILES string of the molecule is Cc1occc1C(=O)N(Cc1ccco1)Cc1ccco1. The van der Waals surface area contributed by atoms with Crippen LogP contribution in [-0.2, 0) is 13.1 Å². The van der Waals surface area contributed by atoms with Gasteiger partial charge in [0.2, 0.25) is 0 Å². The predicted octanol–water partition coefficient (Wildman–Crippen LogP) is 3.62. The van der Waals surface area contributed by atoms with E-state index in [0.29, 0.717) is 24.4 Å². The molecule has 0 unspecified atom stereocenters. The summed E-state index contributed by atoms with van der Waals surface area (Å²) in [6.07, 6.45) is 4.70. The van der Waals surface area contributed by atoms with Gasteiger partial charge in [-0.15, -0.1) is 0 Å². The molecule has 0 fully saturated rings. The fourth-order valence-corrected chi connectivity index (χ4v) is 2.16. The second kappa shape index (κ2) is 5.75. The maximum atomic E-state index is 12.7. The lowest BCUT2D eigenvalue weighted by Gasteiger charge is -2.20. The van der Waals surface area contributed by atoms with Crippen molar-refractivity contribution in [3.8, 4) is 0 Å². The van der Waals surface area contributed by atoms with Crippen LogP contribution < -0.4 is 0 Å². The minimum atomic E-state index is -0.117. The summed E-state index contributed by atoms with van der Waals surface area (Å²) in [6, 6.07) is 8.95. The molecule has 3 heterocycles. The normalized spacial score (nSPS) is 10.7. The Morgan fingerprint density at radius 2 is 1.57 bits per heavy atom. The summed E-state index contributed by atoms with van der Waals surface area (Å²) in [5.74, 6) is 1.92. The second-order valence-corrected chi connectivity index (χ2v) is 4.71. The van der Waals surface area contributed by atoms with Gasteiger partial charge >= 0.3 is 0 Å². The van der Waals surface area contributed by atoms with Crippen LogP contribution in [0.1, 0.15) is 27.6 Å². The summed E-state index contributed by atoms with van der Waals surface area (Å²) in [7, 11) is 0. The van der Waals surface area contributed by atoms with Gasteiger partial charge in [0.05, 0.1) is 37.4 Å². The minimum absolute atomic E-state index is 0.117. The molecule has 0 radical (unpaired) electrons. The highest BCUT2D eigenvalue weighted by Crippen LogP contribution is 2.17. The van der Waals surface area contributed by atoms with E-state index in [1.54, 1.807) is 42.5 Å². The molecule has 0 aliphatic carbocycles. The Bertz CT molecular complexity index is 658. The van der Waals surface area contributed by atoms with E-state index in [1.807, 2.05) is 12.1 Å². The summed E-state index contributed by atoms with van der Waals surface area (Å²) < 4.78 is 15.9. The van der Waals surface area contributed by atoms with Gasteiger partial charge in [0.1, 0.15) is 17.3 Å². The molecule has 3 aromatic heterocycles. The van der Waals surface area contributed by atoms with Crippen molar-refractivity contribution < 1.29 is 18.0 Å². The molecule has 1 amide bonds. The summed E-state index contributed by atoms with van der Waals surface area (Å²) >= 11 is 0. The largest absolute Gasteiger partial charge is 0.469 e. The Balaban J connectivity index is 1.84. The lowest BCUT2D eigenvalue weighted by atomic mass is 10.2. The maximum absolute atomic E-state index is 12.7. The lowest BCUT2D eigenvalue weighted by Crippen LogP contribution is -2.30. The molecule has 0 aliphatic rings. The molecule has 0 aromatic carbocycles. The molecule has 5 heteroatoms. The van der Waals surface area contributed by atoms with Crippen molar-refractivity contribution in [1.82, 2.24) is 4.90 Å². The average Bonchev–Trinajstić information content (AvgIpc) is 3.19. The minimum Gasteiger partial charge on any atom is -0.469 e. The highest BCUT2D eigenvalue weighted by Gasteiger charge is 2.21. The number of carbonyl (C=O) groups excluding carboxylic acids is 1. The smallest absolute Gasteiger partial charge is 0.258 e. The van der Waals surface area contributed by atoms with Crippen molar-refractivity contribution in [2.24, 2.45) is 0 Å². The highest BCUT2D eigenvalue weighted by molar-refractivity contribution is 5.95. The number of nitrogens with zero attached hydrogens (tertiary/aromatic N) is 1. The number of hydrogen-bond acceptors (Lipinski definition) is 4. The molecule has 5 nitrogen and oxygen atoms in total. The topological polar surface area (TPSA) is 59.7 Å². The summed E-state index contributed by atoms with van der Waals surface area (Å²) in [5, 5.41) is 0. The Morgan fingerprint density at radius 3 is 2.00 bits per heavy atom. The van der Waals surface area contributed by atoms with E-state index in [1.165, 1.54) is 6.26 Å². The van der Waals surface area contributed by atoms with Crippen LogP contribution in [0.4, 0.5) is 0 Å². The number of amides is 1. The molecule has 0 saturated heterocycles. The molecule has 3 rings (SSSR count). The maximum Gasteiger partial charge on any atom is 0.258 e. The first-order valence-corrected chi connectivity index (χ1v) is 6.62. The quantitative estimate of drug-likeness (QED) is 0.718. The van der Waals surface area contributed by atoms with E-state index < -0.39 is 0 Å². The van der Waals surface area contributed by atoms with E-state index in [-0.39, 0.29) is 5.91 Å². The van der Waals surface area contributed by atoms with E-state index in [0.717, 1.165) is 11.5 Å². The van der Waals surface area contributed by atoms with Crippen molar-refractivity contribution in [1.29, 1.82) is 0 Å². The van der Waals surface area contributed by atoms with Crippen LogP contribution in [0.5, 0.6) is 0 Å². The Labute approximate surface area is 121 Å². The molecular formula is C16H15NO4. The van der Waals surface area contributed by atoms with Crippen LogP contribution in [0.2, 0.25) is 0 Å². The van der Waals surface area contributed by atoms with E-state index in [2.05, 4.69) is 0 Å². The number of carbonyl (C=O) groups is 1. The third-order valence-electron chi connectivity index (χ3n) is 3.23. The van der Waals surface area contributed by atoms with Gasteiger partial charge in [0.25, 0.3) is 5.91 Å². The number of aryl methyl sites for hydroxylation is 1. The van der Waals surface area contributed by atoms with E-state index >= 15 is 0 Å². The van der Waals surface area contributed by atoms with Crippen molar-refractivity contribution in [2.75, 3.05) is 0 Å². The van der Waals surface area contributed by atoms with E-state index in [9.17, 15) is 4.79 Å². The highest BCUT2D eigenvalue weighted by atomic mass is 16.3. The Morgan fingerprint density at radius 1 is 0.952 bits per heavy atom. The van der Waals surface area contributed by atoms with Crippen LogP contribution in [0, 0.1) is 6.92 Å². The van der Waals surface area contributed by atoms with Gasteiger partial charge in [0, 0.05) is 0 Å². The molecule has 0 spiro atoms. The van der Waals surface area contributed by atoms with Gasteiger partial charge in [-0.3, -0.25) is 4.79 Å². The van der Waals surface area contributed by atoms with Crippen molar-refractivity contribution in [3.63, 3.8) is 0 Å². The van der Waals surface area contributed by atoms with Crippen LogP contribution in [0.15, 0.2) is 62.4 Å². The molecule has 0 N–H and O–H groups in total. The first-order chi connectivity index (χ1) is 10.2. The molecule has 0 saturated carbocycles. The molecule has 108 valence electrons. The first kappa shape index (κ1) is 13.3. The third-order valence-corrected chi connectivity index (χ3v) is 3.23. The first-order valence-electron chi connectivity index (χ1n) is 6.62. The van der Waals surface area contributed by atoms with Gasteiger partial charge in [-0.25, -0.2) is 0 Å². The molecule has 0 atom stereocenters. The number of furan rings is 3. The summed E-state index contributed by atoms with van der Waals surface area (Å²) in [6.45, 7) is 2.51. The Hall–Kier alpha value is -2.69. The summed E-state index contributed by atoms with van der Waals surface area (Å²) in [5.41, 5.74) is 0.549. The number of rotatable bonds is 5. The molecule has 3 aromatic rings. The zero-order chi connectivity index (χ0) is 14.7. The van der Waals surface area contributed by atoms with Crippen molar-refractivity contribution in [3.05, 3.63) is 72.0 Å². The second-order valence-electron chi connectivity index (χ2n) is 4.71. The van der Waals surface area contributed by atoms with Gasteiger partial charge in [-0.05, 0) is 37.3 Å². The monoisotopic (exact) mass is 285 g/mol. The third kappa shape index (κ3) is 2.91. The molecule has 0 bridgehead atoms. The van der Waals surface area contributed by atoms with Crippen LogP contribution in [0.3, 0.4) is 0 Å². The Kier molecular flexibility index (Phi) is 3.64. The molecule has 0 aliphatic heterocycles. The fourth-order valence-electron chi connectivity index (χ4n) is 2.16.